The highest BCUT2D eigenvalue weighted by Gasteiger charge is 2.12. The second-order valence-electron chi connectivity index (χ2n) is 3.06. The van der Waals surface area contributed by atoms with Crippen LogP contribution in [0.3, 0.4) is 0 Å². The molecule has 0 saturated heterocycles. The van der Waals surface area contributed by atoms with E-state index in [0.29, 0.717) is 5.00 Å². The summed E-state index contributed by atoms with van der Waals surface area (Å²) in [5, 5.41) is 9.36. The average Bonchev–Trinajstić information content (AvgIpc) is 2.62. The normalized spacial score (nSPS) is 10.1. The van der Waals surface area contributed by atoms with Gasteiger partial charge in [0, 0.05) is 5.56 Å². The van der Waals surface area contributed by atoms with Gasteiger partial charge in [0.2, 0.25) is 0 Å². The maximum atomic E-state index is 10.8. The van der Waals surface area contributed by atoms with Gasteiger partial charge < -0.3 is 10.8 Å². The average molecular weight is 219 g/mol. The SMILES string of the molecule is Nc1sc(C(=O)O)cc1-c1ccccc1. The van der Waals surface area contributed by atoms with E-state index in [0.717, 1.165) is 22.5 Å². The van der Waals surface area contributed by atoms with Crippen molar-refractivity contribution in [2.75, 3.05) is 5.73 Å². The van der Waals surface area contributed by atoms with E-state index >= 15 is 0 Å². The Balaban J connectivity index is 2.50. The van der Waals surface area contributed by atoms with Crippen molar-refractivity contribution in [3.63, 3.8) is 0 Å². The summed E-state index contributed by atoms with van der Waals surface area (Å²) in [5.74, 6) is -0.936. The van der Waals surface area contributed by atoms with Gasteiger partial charge in [-0.25, -0.2) is 4.79 Å². The topological polar surface area (TPSA) is 63.3 Å². The predicted octanol–water partition coefficient (Wildman–Crippen LogP) is 2.70. The first kappa shape index (κ1) is 9.73. The number of hydrogen-bond donors (Lipinski definition) is 2. The van der Waals surface area contributed by atoms with Crippen molar-refractivity contribution in [2.24, 2.45) is 0 Å². The second-order valence-corrected chi connectivity index (χ2v) is 4.14. The number of hydrogen-bond acceptors (Lipinski definition) is 3. The monoisotopic (exact) mass is 219 g/mol. The van der Waals surface area contributed by atoms with E-state index < -0.39 is 5.97 Å². The number of thiophene rings is 1. The molecule has 0 aliphatic carbocycles. The van der Waals surface area contributed by atoms with Gasteiger partial charge in [0.1, 0.15) is 4.88 Å². The van der Waals surface area contributed by atoms with E-state index in [1.807, 2.05) is 30.3 Å². The van der Waals surface area contributed by atoms with Crippen molar-refractivity contribution in [3.8, 4) is 11.1 Å². The van der Waals surface area contributed by atoms with Gasteiger partial charge >= 0.3 is 5.97 Å². The van der Waals surface area contributed by atoms with E-state index in [1.54, 1.807) is 6.07 Å². The molecule has 0 aliphatic heterocycles. The summed E-state index contributed by atoms with van der Waals surface area (Å²) in [5.41, 5.74) is 7.50. The summed E-state index contributed by atoms with van der Waals surface area (Å²) >= 11 is 1.10. The lowest BCUT2D eigenvalue weighted by molar-refractivity contribution is 0.0702. The highest BCUT2D eigenvalue weighted by atomic mass is 32.1. The maximum absolute atomic E-state index is 10.8. The number of carbonyl (C=O) groups is 1. The van der Waals surface area contributed by atoms with Gasteiger partial charge in [0.05, 0.1) is 5.00 Å². The molecule has 0 atom stereocenters. The van der Waals surface area contributed by atoms with Gasteiger partial charge in [-0.05, 0) is 11.6 Å². The number of rotatable bonds is 2. The van der Waals surface area contributed by atoms with Crippen LogP contribution in [0.25, 0.3) is 11.1 Å². The van der Waals surface area contributed by atoms with Gasteiger partial charge in [-0.2, -0.15) is 0 Å². The Bertz CT molecular complexity index is 491. The molecule has 1 heterocycles. The number of anilines is 1. The van der Waals surface area contributed by atoms with Gasteiger partial charge in [-0.15, -0.1) is 11.3 Å². The molecular formula is C11H9NO2S. The van der Waals surface area contributed by atoms with Crippen molar-refractivity contribution < 1.29 is 9.90 Å². The molecule has 0 fully saturated rings. The first-order valence-corrected chi connectivity index (χ1v) is 5.18. The van der Waals surface area contributed by atoms with Crippen molar-refractivity contribution in [3.05, 3.63) is 41.3 Å². The number of nitrogens with two attached hydrogens (primary N) is 1. The maximum Gasteiger partial charge on any atom is 0.345 e. The molecule has 76 valence electrons. The van der Waals surface area contributed by atoms with Crippen LogP contribution in [0.15, 0.2) is 36.4 Å². The molecule has 0 aliphatic rings. The van der Waals surface area contributed by atoms with Crippen LogP contribution in [-0.2, 0) is 0 Å². The molecule has 2 aromatic rings. The van der Waals surface area contributed by atoms with Crippen LogP contribution in [0.2, 0.25) is 0 Å². The van der Waals surface area contributed by atoms with Gasteiger partial charge in [0.25, 0.3) is 0 Å². The van der Waals surface area contributed by atoms with Gasteiger partial charge in [0.15, 0.2) is 0 Å². The Morgan fingerprint density at radius 1 is 1.27 bits per heavy atom. The standard InChI is InChI=1S/C11H9NO2S/c12-10-8(6-9(15-10)11(13)14)7-4-2-1-3-5-7/h1-6H,12H2,(H,13,14). The molecule has 0 radical (unpaired) electrons. The molecule has 2 rings (SSSR count). The van der Waals surface area contributed by atoms with Crippen LogP contribution < -0.4 is 5.73 Å². The third kappa shape index (κ3) is 1.85. The van der Waals surface area contributed by atoms with Crippen molar-refractivity contribution in [1.82, 2.24) is 0 Å². The molecule has 0 saturated carbocycles. The Morgan fingerprint density at radius 2 is 1.93 bits per heavy atom. The number of carboxylic acid groups (broad SMARTS) is 1. The second kappa shape index (κ2) is 3.74. The molecule has 0 unspecified atom stereocenters. The molecule has 1 aromatic carbocycles. The zero-order valence-electron chi connectivity index (χ0n) is 7.81. The Hall–Kier alpha value is -1.81. The highest BCUT2D eigenvalue weighted by molar-refractivity contribution is 7.18. The molecule has 4 heteroatoms. The zero-order valence-corrected chi connectivity index (χ0v) is 8.62. The third-order valence-corrected chi connectivity index (χ3v) is 3.01. The first-order valence-electron chi connectivity index (χ1n) is 4.36. The van der Waals surface area contributed by atoms with E-state index in [2.05, 4.69) is 0 Å². The lowest BCUT2D eigenvalue weighted by Crippen LogP contribution is -1.89. The summed E-state index contributed by atoms with van der Waals surface area (Å²) in [6.07, 6.45) is 0. The molecule has 15 heavy (non-hydrogen) atoms. The van der Waals surface area contributed by atoms with Crippen LogP contribution in [0.1, 0.15) is 9.67 Å². The Kier molecular flexibility index (Phi) is 2.43. The lowest BCUT2D eigenvalue weighted by atomic mass is 10.1. The Morgan fingerprint density at radius 3 is 2.47 bits per heavy atom. The number of aromatic carboxylic acids is 1. The molecule has 3 nitrogen and oxygen atoms in total. The smallest absolute Gasteiger partial charge is 0.345 e. The predicted molar refractivity (Wildman–Crippen MR) is 61.1 cm³/mol. The van der Waals surface area contributed by atoms with Crippen LogP contribution >= 0.6 is 11.3 Å². The van der Waals surface area contributed by atoms with Crippen molar-refractivity contribution >= 4 is 22.3 Å². The molecule has 1 aromatic heterocycles. The number of benzene rings is 1. The molecule has 3 N–H and O–H groups in total. The van der Waals surface area contributed by atoms with E-state index in [4.69, 9.17) is 10.8 Å². The molecular weight excluding hydrogens is 210 g/mol. The van der Waals surface area contributed by atoms with E-state index in [9.17, 15) is 4.79 Å². The van der Waals surface area contributed by atoms with Gasteiger partial charge in [-0.1, -0.05) is 30.3 Å². The zero-order chi connectivity index (χ0) is 10.8. The Labute approximate surface area is 90.8 Å². The minimum absolute atomic E-state index is 0.270. The van der Waals surface area contributed by atoms with Crippen LogP contribution in [0, 0.1) is 0 Å². The minimum Gasteiger partial charge on any atom is -0.477 e. The van der Waals surface area contributed by atoms with Crippen LogP contribution in [-0.4, -0.2) is 11.1 Å². The van der Waals surface area contributed by atoms with Crippen LogP contribution in [0.5, 0.6) is 0 Å². The first-order chi connectivity index (χ1) is 7.18. The fourth-order valence-electron chi connectivity index (χ4n) is 1.35. The molecule has 0 spiro atoms. The summed E-state index contributed by atoms with van der Waals surface area (Å²) < 4.78 is 0. The minimum atomic E-state index is -0.936. The number of carboxylic acids is 1. The fraction of sp³-hybridized carbons (Fsp3) is 0. The summed E-state index contributed by atoms with van der Waals surface area (Å²) in [7, 11) is 0. The van der Waals surface area contributed by atoms with Gasteiger partial charge in [-0.3, -0.25) is 0 Å². The molecule has 0 amide bonds. The number of nitrogen functional groups attached to an aromatic ring is 1. The molecule has 0 bridgehead atoms. The highest BCUT2D eigenvalue weighted by Crippen LogP contribution is 2.33. The summed E-state index contributed by atoms with van der Waals surface area (Å²) in [6.45, 7) is 0. The van der Waals surface area contributed by atoms with Crippen molar-refractivity contribution in [1.29, 1.82) is 0 Å². The third-order valence-electron chi connectivity index (χ3n) is 2.06. The summed E-state index contributed by atoms with van der Waals surface area (Å²) in [6, 6.07) is 11.1. The largest absolute Gasteiger partial charge is 0.477 e. The lowest BCUT2D eigenvalue weighted by Gasteiger charge is -1.97. The van der Waals surface area contributed by atoms with E-state index in [1.165, 1.54) is 0 Å². The van der Waals surface area contributed by atoms with E-state index in [-0.39, 0.29) is 4.88 Å². The van der Waals surface area contributed by atoms with Crippen molar-refractivity contribution in [2.45, 2.75) is 0 Å². The van der Waals surface area contributed by atoms with Crippen LogP contribution in [0.4, 0.5) is 5.00 Å². The fourth-order valence-corrected chi connectivity index (χ4v) is 2.14. The quantitative estimate of drug-likeness (QED) is 0.816. The summed E-state index contributed by atoms with van der Waals surface area (Å²) in [4.78, 5) is 11.0.